The summed E-state index contributed by atoms with van der Waals surface area (Å²) in [4.78, 5) is 32.0. The first-order chi connectivity index (χ1) is 16.6. The number of benzene rings is 2. The SMILES string of the molecule is COc1ccc(/C(O)=C2/C(=O)C(=O)N(Cc3cccnc3)C2c2ccc(O)cc2)cc1C(C)(C)C. The monoisotopic (exact) mass is 472 g/mol. The molecule has 0 spiro atoms. The quantitative estimate of drug-likeness (QED) is 0.317. The van der Waals surface area contributed by atoms with Crippen molar-refractivity contribution in [1.82, 2.24) is 9.88 Å². The van der Waals surface area contributed by atoms with Crippen molar-refractivity contribution in [3.05, 3.63) is 94.8 Å². The van der Waals surface area contributed by atoms with Crippen molar-refractivity contribution in [3.63, 3.8) is 0 Å². The molecule has 1 aliphatic heterocycles. The van der Waals surface area contributed by atoms with Crippen LogP contribution in [-0.4, -0.2) is 38.9 Å². The van der Waals surface area contributed by atoms with Crippen LogP contribution in [0.15, 0.2) is 72.6 Å². The number of hydrogen-bond acceptors (Lipinski definition) is 6. The molecule has 7 heteroatoms. The summed E-state index contributed by atoms with van der Waals surface area (Å²) in [6.45, 7) is 6.21. The molecule has 2 aromatic carbocycles. The molecule has 1 fully saturated rings. The minimum Gasteiger partial charge on any atom is -0.508 e. The standard InChI is InChI=1S/C28H28N2O5/c1-28(2,3)21-14-19(9-12-22(21)35-4)25(32)23-24(18-7-10-20(31)11-8-18)30(27(34)26(23)33)16-17-6-5-13-29-15-17/h5-15,24,31-32H,16H2,1-4H3/b25-23-. The van der Waals surface area contributed by atoms with Crippen molar-refractivity contribution >= 4 is 17.4 Å². The average Bonchev–Trinajstić information content (AvgIpc) is 3.08. The summed E-state index contributed by atoms with van der Waals surface area (Å²) < 4.78 is 5.50. The number of ketones is 1. The van der Waals surface area contributed by atoms with Crippen molar-refractivity contribution in [3.8, 4) is 11.5 Å². The number of carbonyl (C=O) groups is 2. The van der Waals surface area contributed by atoms with Crippen molar-refractivity contribution in [1.29, 1.82) is 0 Å². The Morgan fingerprint density at radius 3 is 2.40 bits per heavy atom. The number of amides is 1. The van der Waals surface area contributed by atoms with Gasteiger partial charge in [-0.15, -0.1) is 0 Å². The van der Waals surface area contributed by atoms with Gasteiger partial charge in [-0.1, -0.05) is 39.0 Å². The molecular formula is C28H28N2O5. The Morgan fingerprint density at radius 1 is 1.09 bits per heavy atom. The van der Waals surface area contributed by atoms with E-state index in [4.69, 9.17) is 4.74 Å². The number of hydrogen-bond donors (Lipinski definition) is 2. The average molecular weight is 473 g/mol. The highest BCUT2D eigenvalue weighted by Gasteiger charge is 2.46. The fourth-order valence-electron chi connectivity index (χ4n) is 4.33. The minimum absolute atomic E-state index is 0.00499. The van der Waals surface area contributed by atoms with Crippen LogP contribution in [0.1, 0.15) is 49.1 Å². The molecule has 7 nitrogen and oxygen atoms in total. The summed E-state index contributed by atoms with van der Waals surface area (Å²) in [5, 5.41) is 21.2. The number of ether oxygens (including phenoxy) is 1. The largest absolute Gasteiger partial charge is 0.508 e. The van der Waals surface area contributed by atoms with Gasteiger partial charge in [-0.25, -0.2) is 0 Å². The van der Waals surface area contributed by atoms with Crippen LogP contribution in [0.2, 0.25) is 0 Å². The zero-order valence-corrected chi connectivity index (χ0v) is 20.1. The molecule has 1 unspecified atom stereocenters. The van der Waals surface area contributed by atoms with Crippen LogP contribution in [0, 0.1) is 0 Å². The van der Waals surface area contributed by atoms with E-state index in [0.29, 0.717) is 16.9 Å². The first kappa shape index (κ1) is 24.0. The summed E-state index contributed by atoms with van der Waals surface area (Å²) in [6, 6.07) is 14.2. The van der Waals surface area contributed by atoms with Crippen LogP contribution in [-0.2, 0) is 21.5 Å². The molecule has 1 atom stereocenters. The Balaban J connectivity index is 1.89. The third-order valence-corrected chi connectivity index (χ3v) is 6.11. The first-order valence-corrected chi connectivity index (χ1v) is 11.3. The number of phenols is 1. The molecule has 3 aromatic rings. The van der Waals surface area contributed by atoms with Crippen LogP contribution in [0.3, 0.4) is 0 Å². The zero-order valence-electron chi connectivity index (χ0n) is 20.1. The maximum Gasteiger partial charge on any atom is 0.295 e. The van der Waals surface area contributed by atoms with E-state index in [2.05, 4.69) is 4.98 Å². The van der Waals surface area contributed by atoms with Crippen LogP contribution in [0.5, 0.6) is 11.5 Å². The molecule has 1 aliphatic rings. The van der Waals surface area contributed by atoms with Crippen molar-refractivity contribution in [2.45, 2.75) is 38.8 Å². The Bertz CT molecular complexity index is 1290. The number of aromatic nitrogens is 1. The molecule has 1 aromatic heterocycles. The smallest absolute Gasteiger partial charge is 0.295 e. The summed E-state index contributed by atoms with van der Waals surface area (Å²) in [7, 11) is 1.58. The Labute approximate surface area is 204 Å². The third kappa shape index (κ3) is 4.62. The van der Waals surface area contributed by atoms with Gasteiger partial charge in [0, 0.05) is 30.1 Å². The third-order valence-electron chi connectivity index (χ3n) is 6.11. The molecular weight excluding hydrogens is 444 g/mol. The second-order valence-electron chi connectivity index (χ2n) is 9.54. The van der Waals surface area contributed by atoms with Crippen molar-refractivity contribution in [2.24, 2.45) is 0 Å². The number of Topliss-reactive ketones (excluding diaryl/α,β-unsaturated/α-hetero) is 1. The van der Waals surface area contributed by atoms with Gasteiger partial charge in [0.2, 0.25) is 0 Å². The molecule has 0 radical (unpaired) electrons. The van der Waals surface area contributed by atoms with Crippen molar-refractivity contribution < 1.29 is 24.5 Å². The van der Waals surface area contributed by atoms with E-state index >= 15 is 0 Å². The lowest BCUT2D eigenvalue weighted by Gasteiger charge is -2.26. The van der Waals surface area contributed by atoms with Gasteiger partial charge >= 0.3 is 0 Å². The lowest BCUT2D eigenvalue weighted by atomic mass is 9.84. The highest BCUT2D eigenvalue weighted by molar-refractivity contribution is 6.46. The minimum atomic E-state index is -0.837. The zero-order chi connectivity index (χ0) is 25.3. The van der Waals surface area contributed by atoms with E-state index in [1.807, 2.05) is 26.8 Å². The molecule has 180 valence electrons. The number of methoxy groups -OCH3 is 1. The number of aromatic hydroxyl groups is 1. The van der Waals surface area contributed by atoms with Gasteiger partial charge < -0.3 is 19.8 Å². The number of aliphatic hydroxyl groups is 1. The van der Waals surface area contributed by atoms with Crippen LogP contribution in [0.4, 0.5) is 0 Å². The molecule has 1 amide bonds. The van der Waals surface area contributed by atoms with Crippen molar-refractivity contribution in [2.75, 3.05) is 7.11 Å². The van der Waals surface area contributed by atoms with E-state index in [1.165, 1.54) is 17.0 Å². The summed E-state index contributed by atoms with van der Waals surface area (Å²) in [6.07, 6.45) is 3.26. The number of pyridine rings is 1. The van der Waals surface area contributed by atoms with Gasteiger partial charge in [-0.2, -0.15) is 0 Å². The number of carbonyl (C=O) groups excluding carboxylic acids is 2. The molecule has 35 heavy (non-hydrogen) atoms. The maximum atomic E-state index is 13.3. The Hall–Kier alpha value is -4.13. The van der Waals surface area contributed by atoms with Crippen LogP contribution >= 0.6 is 0 Å². The first-order valence-electron chi connectivity index (χ1n) is 11.3. The van der Waals surface area contributed by atoms with Gasteiger partial charge in [-0.3, -0.25) is 14.6 Å². The maximum absolute atomic E-state index is 13.3. The van der Waals surface area contributed by atoms with E-state index in [-0.39, 0.29) is 29.0 Å². The fraction of sp³-hybridized carbons (Fsp3) is 0.250. The Morgan fingerprint density at radius 2 is 1.80 bits per heavy atom. The van der Waals surface area contributed by atoms with Crippen LogP contribution < -0.4 is 4.74 Å². The summed E-state index contributed by atoms with van der Waals surface area (Å²) >= 11 is 0. The Kier molecular flexibility index (Phi) is 6.35. The summed E-state index contributed by atoms with van der Waals surface area (Å²) in [5.41, 5.74) is 2.32. The number of nitrogens with zero attached hydrogens (tertiary/aromatic N) is 2. The lowest BCUT2D eigenvalue weighted by molar-refractivity contribution is -0.140. The highest BCUT2D eigenvalue weighted by atomic mass is 16.5. The van der Waals surface area contributed by atoms with E-state index in [1.54, 1.807) is 55.9 Å². The fourth-order valence-corrected chi connectivity index (χ4v) is 4.33. The molecule has 2 heterocycles. The number of phenolic OH excluding ortho intramolecular Hbond substituents is 1. The second kappa shape index (κ2) is 9.25. The number of aliphatic hydroxyl groups excluding tert-OH is 1. The molecule has 0 aliphatic carbocycles. The molecule has 0 bridgehead atoms. The van der Waals surface area contributed by atoms with Gasteiger partial charge in [-0.05, 0) is 52.9 Å². The number of rotatable bonds is 5. The molecule has 0 saturated carbocycles. The lowest BCUT2D eigenvalue weighted by Crippen LogP contribution is -2.29. The number of likely N-dealkylation sites (tertiary alicyclic amines) is 1. The van der Waals surface area contributed by atoms with Gasteiger partial charge in [0.15, 0.2) is 0 Å². The van der Waals surface area contributed by atoms with E-state index < -0.39 is 17.7 Å². The summed E-state index contributed by atoms with van der Waals surface area (Å²) in [5.74, 6) is -1.01. The highest BCUT2D eigenvalue weighted by Crippen LogP contribution is 2.42. The molecule has 2 N–H and O–H groups in total. The topological polar surface area (TPSA) is 100.0 Å². The van der Waals surface area contributed by atoms with Gasteiger partial charge in [0.25, 0.3) is 11.7 Å². The molecule has 1 saturated heterocycles. The van der Waals surface area contributed by atoms with Gasteiger partial charge in [0.05, 0.1) is 18.7 Å². The molecule has 4 rings (SSSR count). The predicted octanol–water partition coefficient (Wildman–Crippen LogP) is 4.72. The van der Waals surface area contributed by atoms with E-state index in [9.17, 15) is 19.8 Å². The van der Waals surface area contributed by atoms with Gasteiger partial charge in [0.1, 0.15) is 17.3 Å². The van der Waals surface area contributed by atoms with Crippen LogP contribution in [0.25, 0.3) is 5.76 Å². The normalized spacial score (nSPS) is 17.6. The van der Waals surface area contributed by atoms with E-state index in [0.717, 1.165) is 11.1 Å². The second-order valence-corrected chi connectivity index (χ2v) is 9.54. The predicted molar refractivity (Wildman–Crippen MR) is 132 cm³/mol.